The molecule has 7 heteroatoms. The largest absolute Gasteiger partial charge is 0.493 e. The van der Waals surface area contributed by atoms with Gasteiger partial charge in [-0.2, -0.15) is 5.10 Å². The number of halogens is 1. The van der Waals surface area contributed by atoms with Crippen molar-refractivity contribution in [1.29, 1.82) is 0 Å². The first kappa shape index (κ1) is 21.5. The predicted octanol–water partition coefficient (Wildman–Crippen LogP) is 5.53. The highest BCUT2D eigenvalue weighted by Gasteiger charge is 2.43. The number of Topliss-reactive ketones (excluding diaryl/α,β-unsaturated/α-hetero) is 1. The lowest BCUT2D eigenvalue weighted by Gasteiger charge is -2.37. The van der Waals surface area contributed by atoms with Crippen LogP contribution in [0.2, 0.25) is 0 Å². The number of ketones is 1. The summed E-state index contributed by atoms with van der Waals surface area (Å²) in [7, 11) is 3.22. The Bertz CT molecular complexity index is 1260. The molecule has 0 saturated carbocycles. The molecule has 0 saturated heterocycles. The molecule has 0 aliphatic carbocycles. The zero-order chi connectivity index (χ0) is 23.1. The van der Waals surface area contributed by atoms with Crippen LogP contribution in [0.3, 0.4) is 0 Å². The third-order valence-corrected chi connectivity index (χ3v) is 6.52. The average molecular weight is 507 g/mol. The first-order valence-electron chi connectivity index (χ1n) is 10.6. The number of hydrazone groups is 1. The number of aryl methyl sites for hydroxylation is 1. The highest BCUT2D eigenvalue weighted by molar-refractivity contribution is 9.10. The third-order valence-electron chi connectivity index (χ3n) is 6.03. The molecule has 2 aliphatic rings. The molecule has 0 unspecified atom stereocenters. The topological polar surface area (TPSA) is 60.4 Å². The first-order chi connectivity index (χ1) is 16.0. The van der Waals surface area contributed by atoms with Crippen LogP contribution in [0.1, 0.15) is 39.5 Å². The number of benzene rings is 3. The molecule has 2 aliphatic heterocycles. The summed E-state index contributed by atoms with van der Waals surface area (Å²) in [6, 6.07) is 19.0. The van der Waals surface area contributed by atoms with Gasteiger partial charge in [0.15, 0.2) is 11.5 Å². The van der Waals surface area contributed by atoms with Gasteiger partial charge in [-0.3, -0.25) is 4.79 Å². The summed E-state index contributed by atoms with van der Waals surface area (Å²) in [5.74, 6) is 1.87. The van der Waals surface area contributed by atoms with Gasteiger partial charge in [-0.25, -0.2) is 5.01 Å². The van der Waals surface area contributed by atoms with Crippen molar-refractivity contribution in [2.75, 3.05) is 14.2 Å². The second-order valence-electron chi connectivity index (χ2n) is 8.10. The van der Waals surface area contributed by atoms with Gasteiger partial charge in [-0.05, 0) is 43.3 Å². The molecule has 0 aromatic heterocycles. The summed E-state index contributed by atoms with van der Waals surface area (Å²) >= 11 is 3.56. The van der Waals surface area contributed by atoms with Gasteiger partial charge in [0.1, 0.15) is 5.75 Å². The van der Waals surface area contributed by atoms with E-state index < -0.39 is 6.23 Å². The minimum absolute atomic E-state index is 0.117. The van der Waals surface area contributed by atoms with Crippen molar-refractivity contribution in [1.82, 2.24) is 5.01 Å². The fraction of sp³-hybridized carbons (Fsp3) is 0.231. The van der Waals surface area contributed by atoms with E-state index in [0.29, 0.717) is 29.2 Å². The van der Waals surface area contributed by atoms with E-state index in [2.05, 4.69) is 15.9 Å². The Morgan fingerprint density at radius 1 is 1.03 bits per heavy atom. The molecule has 0 N–H and O–H groups in total. The molecule has 33 heavy (non-hydrogen) atoms. The van der Waals surface area contributed by atoms with E-state index in [1.807, 2.05) is 67.6 Å². The Balaban J connectivity index is 1.56. The quantitative estimate of drug-likeness (QED) is 0.426. The molecule has 0 spiro atoms. The van der Waals surface area contributed by atoms with Crippen LogP contribution in [0.25, 0.3) is 0 Å². The predicted molar refractivity (Wildman–Crippen MR) is 129 cm³/mol. The maximum atomic E-state index is 13.5. The zero-order valence-electron chi connectivity index (χ0n) is 18.5. The molecule has 0 amide bonds. The highest BCUT2D eigenvalue weighted by Crippen LogP contribution is 2.45. The zero-order valence-corrected chi connectivity index (χ0v) is 20.1. The number of ether oxygens (including phenoxy) is 3. The summed E-state index contributed by atoms with van der Waals surface area (Å²) in [4.78, 5) is 13.5. The average Bonchev–Trinajstić information content (AvgIpc) is 3.29. The van der Waals surface area contributed by atoms with Gasteiger partial charge in [-0.15, -0.1) is 0 Å². The molecular formula is C26H23BrN2O4. The van der Waals surface area contributed by atoms with Crippen molar-refractivity contribution in [3.8, 4) is 17.2 Å². The van der Waals surface area contributed by atoms with Crippen LogP contribution >= 0.6 is 15.9 Å². The van der Waals surface area contributed by atoms with E-state index in [0.717, 1.165) is 26.9 Å². The molecule has 3 aromatic carbocycles. The Hall–Kier alpha value is -3.32. The van der Waals surface area contributed by atoms with E-state index in [1.165, 1.54) is 0 Å². The van der Waals surface area contributed by atoms with Crippen molar-refractivity contribution in [2.45, 2.75) is 25.6 Å². The number of carbonyl (C=O) groups is 1. The smallest absolute Gasteiger partial charge is 0.251 e. The molecule has 6 nitrogen and oxygen atoms in total. The number of methoxy groups -OCH3 is 2. The van der Waals surface area contributed by atoms with Crippen molar-refractivity contribution in [3.05, 3.63) is 87.4 Å². The minimum atomic E-state index is -0.843. The number of fused-ring (bicyclic) bond motifs is 3. The van der Waals surface area contributed by atoms with Crippen LogP contribution in [0, 0.1) is 6.92 Å². The third kappa shape index (κ3) is 3.86. The highest BCUT2D eigenvalue weighted by atomic mass is 79.9. The fourth-order valence-corrected chi connectivity index (χ4v) is 4.66. The minimum Gasteiger partial charge on any atom is -0.493 e. The number of hydrogen-bond donors (Lipinski definition) is 0. The van der Waals surface area contributed by atoms with Gasteiger partial charge in [0.05, 0.1) is 26.0 Å². The van der Waals surface area contributed by atoms with Crippen LogP contribution in [-0.4, -0.2) is 37.0 Å². The summed E-state index contributed by atoms with van der Waals surface area (Å²) in [5.41, 5.74) is 4.47. The molecule has 2 heterocycles. The Morgan fingerprint density at radius 3 is 2.52 bits per heavy atom. The maximum Gasteiger partial charge on any atom is 0.251 e. The Morgan fingerprint density at radius 2 is 1.79 bits per heavy atom. The molecule has 0 bridgehead atoms. The van der Waals surface area contributed by atoms with E-state index in [9.17, 15) is 4.79 Å². The SMILES string of the molecule is COc1ccc(C2=NN3[C@H](C(=O)c4ccc(C)cc4)Oc4ccc(Br)cc4[C@@H]3C2)cc1OC. The fourth-order valence-electron chi connectivity index (χ4n) is 4.28. The second kappa shape index (κ2) is 8.56. The van der Waals surface area contributed by atoms with Crippen molar-refractivity contribution in [2.24, 2.45) is 5.10 Å². The van der Waals surface area contributed by atoms with Crippen molar-refractivity contribution >= 4 is 27.4 Å². The van der Waals surface area contributed by atoms with Gasteiger partial charge in [0.2, 0.25) is 5.78 Å². The van der Waals surface area contributed by atoms with Gasteiger partial charge < -0.3 is 14.2 Å². The Labute approximate surface area is 200 Å². The summed E-state index contributed by atoms with van der Waals surface area (Å²) in [6.07, 6.45) is -0.205. The van der Waals surface area contributed by atoms with Crippen LogP contribution in [-0.2, 0) is 0 Å². The molecule has 2 atom stereocenters. The van der Waals surface area contributed by atoms with Gasteiger partial charge >= 0.3 is 0 Å². The van der Waals surface area contributed by atoms with Crippen LogP contribution < -0.4 is 14.2 Å². The number of carbonyl (C=O) groups excluding carboxylic acids is 1. The normalized spacial score (nSPS) is 18.7. The lowest BCUT2D eigenvalue weighted by molar-refractivity contribution is -0.00459. The van der Waals surface area contributed by atoms with E-state index >= 15 is 0 Å². The standard InChI is InChI=1S/C26H23BrN2O4/c1-15-4-6-16(7-5-15)25(30)26-29-21(19-13-18(27)9-11-22(19)33-26)14-20(28-29)17-8-10-23(31-2)24(12-17)32-3/h4-13,21,26H,14H2,1-3H3/t21-,26-/m0/s1. The summed E-state index contributed by atoms with van der Waals surface area (Å²) < 4.78 is 18.0. The Kier molecular flexibility index (Phi) is 5.58. The number of rotatable bonds is 5. The second-order valence-corrected chi connectivity index (χ2v) is 9.01. The van der Waals surface area contributed by atoms with Crippen LogP contribution in [0.15, 0.2) is 70.2 Å². The van der Waals surface area contributed by atoms with E-state index in [4.69, 9.17) is 19.3 Å². The number of hydrogen-bond acceptors (Lipinski definition) is 6. The summed E-state index contributed by atoms with van der Waals surface area (Å²) in [5, 5.41) is 6.67. The van der Waals surface area contributed by atoms with Crippen molar-refractivity contribution < 1.29 is 19.0 Å². The molecule has 0 radical (unpaired) electrons. The molecule has 3 aromatic rings. The lowest BCUT2D eigenvalue weighted by atomic mass is 9.95. The van der Waals surface area contributed by atoms with E-state index in [1.54, 1.807) is 19.2 Å². The summed E-state index contributed by atoms with van der Waals surface area (Å²) in [6.45, 7) is 2.00. The lowest BCUT2D eigenvalue weighted by Crippen LogP contribution is -2.45. The number of nitrogens with zero attached hydrogens (tertiary/aromatic N) is 2. The maximum absolute atomic E-state index is 13.5. The van der Waals surface area contributed by atoms with Gasteiger partial charge in [0.25, 0.3) is 6.23 Å². The van der Waals surface area contributed by atoms with E-state index in [-0.39, 0.29) is 11.8 Å². The van der Waals surface area contributed by atoms with Crippen LogP contribution in [0.5, 0.6) is 17.2 Å². The van der Waals surface area contributed by atoms with Crippen molar-refractivity contribution in [3.63, 3.8) is 0 Å². The van der Waals surface area contributed by atoms with Gasteiger partial charge in [-0.1, -0.05) is 45.8 Å². The monoisotopic (exact) mass is 506 g/mol. The van der Waals surface area contributed by atoms with Gasteiger partial charge in [0, 0.05) is 27.6 Å². The molecule has 168 valence electrons. The molecule has 5 rings (SSSR count). The first-order valence-corrected chi connectivity index (χ1v) is 11.4. The molecular weight excluding hydrogens is 484 g/mol. The van der Waals surface area contributed by atoms with Crippen LogP contribution in [0.4, 0.5) is 0 Å². The molecule has 0 fully saturated rings.